The Hall–Kier alpha value is -0.140. The van der Waals surface area contributed by atoms with Crippen LogP contribution in [-0.2, 0) is 0 Å². The van der Waals surface area contributed by atoms with Gasteiger partial charge in [-0.25, -0.2) is 8.78 Å². The van der Waals surface area contributed by atoms with Gasteiger partial charge in [0, 0.05) is 6.42 Å². The van der Waals surface area contributed by atoms with Crippen LogP contribution in [0.2, 0.25) is 0 Å². The van der Waals surface area contributed by atoms with Crippen molar-refractivity contribution in [2.75, 3.05) is 0 Å². The van der Waals surface area contributed by atoms with E-state index in [1.54, 1.807) is 0 Å². The molecule has 0 aliphatic carbocycles. The highest BCUT2D eigenvalue weighted by Crippen LogP contribution is 2.17. The van der Waals surface area contributed by atoms with Crippen LogP contribution in [0.3, 0.4) is 0 Å². The van der Waals surface area contributed by atoms with E-state index in [2.05, 4.69) is 0 Å². The van der Waals surface area contributed by atoms with Gasteiger partial charge in [0.25, 0.3) is 0 Å². The standard InChI is InChI=1S/C6H12F2/c1-5(7)4-6(2,3)8/h5H,4H2,1-3H3/t5-/m1/s1. The van der Waals surface area contributed by atoms with Crippen molar-refractivity contribution in [3.05, 3.63) is 0 Å². The highest BCUT2D eigenvalue weighted by atomic mass is 19.2. The van der Waals surface area contributed by atoms with Crippen molar-refractivity contribution < 1.29 is 8.78 Å². The van der Waals surface area contributed by atoms with E-state index >= 15 is 0 Å². The first kappa shape index (κ1) is 7.86. The van der Waals surface area contributed by atoms with E-state index in [9.17, 15) is 8.78 Å². The maximum absolute atomic E-state index is 12.4. The van der Waals surface area contributed by atoms with Crippen LogP contribution in [0.15, 0.2) is 0 Å². The Balaban J connectivity index is 3.39. The van der Waals surface area contributed by atoms with E-state index in [1.165, 1.54) is 20.8 Å². The first-order chi connectivity index (χ1) is 3.42. The summed E-state index contributed by atoms with van der Waals surface area (Å²) < 4.78 is 24.4. The summed E-state index contributed by atoms with van der Waals surface area (Å²) in [6.45, 7) is 4.12. The van der Waals surface area contributed by atoms with Gasteiger partial charge in [0.05, 0.1) is 0 Å². The number of halogens is 2. The minimum atomic E-state index is -1.35. The van der Waals surface area contributed by atoms with E-state index in [4.69, 9.17) is 0 Å². The van der Waals surface area contributed by atoms with Gasteiger partial charge >= 0.3 is 0 Å². The summed E-state index contributed by atoms with van der Waals surface area (Å²) in [7, 11) is 0. The minimum absolute atomic E-state index is 0.00694. The summed E-state index contributed by atoms with van der Waals surface area (Å²) in [5.74, 6) is 0. The summed E-state index contributed by atoms with van der Waals surface area (Å²) >= 11 is 0. The van der Waals surface area contributed by atoms with E-state index < -0.39 is 11.8 Å². The Labute approximate surface area is 48.9 Å². The number of hydrogen-bond donors (Lipinski definition) is 0. The van der Waals surface area contributed by atoms with Gasteiger partial charge in [0.15, 0.2) is 0 Å². The lowest BCUT2D eigenvalue weighted by Crippen LogP contribution is -2.16. The van der Waals surface area contributed by atoms with Gasteiger partial charge in [-0.05, 0) is 20.8 Å². The molecule has 0 amide bonds. The van der Waals surface area contributed by atoms with E-state index in [-0.39, 0.29) is 6.42 Å². The second kappa shape index (κ2) is 2.42. The maximum atomic E-state index is 12.4. The molecule has 8 heavy (non-hydrogen) atoms. The molecule has 0 aromatic carbocycles. The van der Waals surface area contributed by atoms with Crippen molar-refractivity contribution in [1.29, 1.82) is 0 Å². The SMILES string of the molecule is C[C@@H](F)CC(C)(C)F. The van der Waals surface area contributed by atoms with Crippen molar-refractivity contribution in [3.63, 3.8) is 0 Å². The second-order valence-corrected chi connectivity index (χ2v) is 2.70. The molecular weight excluding hydrogens is 110 g/mol. The number of hydrogen-bond acceptors (Lipinski definition) is 0. The fourth-order valence-corrected chi connectivity index (χ4v) is 0.669. The molecule has 0 saturated carbocycles. The van der Waals surface area contributed by atoms with Crippen LogP contribution < -0.4 is 0 Å². The largest absolute Gasteiger partial charge is 0.248 e. The number of alkyl halides is 2. The molecular formula is C6H12F2. The third-order valence-electron chi connectivity index (χ3n) is 0.767. The first-order valence-electron chi connectivity index (χ1n) is 2.75. The highest BCUT2D eigenvalue weighted by molar-refractivity contribution is 4.68. The molecule has 0 bridgehead atoms. The number of rotatable bonds is 2. The van der Waals surface area contributed by atoms with E-state index in [0.717, 1.165) is 0 Å². The Morgan fingerprint density at radius 2 is 1.88 bits per heavy atom. The lowest BCUT2D eigenvalue weighted by molar-refractivity contribution is 0.152. The topological polar surface area (TPSA) is 0 Å². The molecule has 0 spiro atoms. The molecule has 50 valence electrons. The molecule has 0 aliphatic rings. The second-order valence-electron chi connectivity index (χ2n) is 2.70. The van der Waals surface area contributed by atoms with Crippen LogP contribution in [0.1, 0.15) is 27.2 Å². The van der Waals surface area contributed by atoms with E-state index in [1.807, 2.05) is 0 Å². The fourth-order valence-electron chi connectivity index (χ4n) is 0.669. The average molecular weight is 122 g/mol. The molecule has 0 radical (unpaired) electrons. The third-order valence-corrected chi connectivity index (χ3v) is 0.767. The van der Waals surface area contributed by atoms with Crippen molar-refractivity contribution in [3.8, 4) is 0 Å². The van der Waals surface area contributed by atoms with Crippen LogP contribution in [0.4, 0.5) is 8.78 Å². The zero-order chi connectivity index (χ0) is 6.78. The molecule has 0 aromatic rings. The quantitative estimate of drug-likeness (QED) is 0.527. The van der Waals surface area contributed by atoms with Gasteiger partial charge in [-0.2, -0.15) is 0 Å². The molecule has 0 saturated heterocycles. The Kier molecular flexibility index (Phi) is 2.38. The van der Waals surface area contributed by atoms with Gasteiger partial charge in [-0.15, -0.1) is 0 Å². The zero-order valence-electron chi connectivity index (χ0n) is 5.54. The predicted molar refractivity (Wildman–Crippen MR) is 30.4 cm³/mol. The van der Waals surface area contributed by atoms with Gasteiger partial charge in [-0.1, -0.05) is 0 Å². The van der Waals surface area contributed by atoms with Crippen molar-refractivity contribution in [2.45, 2.75) is 39.0 Å². The van der Waals surface area contributed by atoms with Crippen molar-refractivity contribution in [1.82, 2.24) is 0 Å². The van der Waals surface area contributed by atoms with Crippen molar-refractivity contribution >= 4 is 0 Å². The van der Waals surface area contributed by atoms with Crippen molar-refractivity contribution in [2.24, 2.45) is 0 Å². The summed E-state index contributed by atoms with van der Waals surface area (Å²) in [4.78, 5) is 0. The first-order valence-corrected chi connectivity index (χ1v) is 2.75. The normalized spacial score (nSPS) is 16.1. The molecule has 0 aliphatic heterocycles. The van der Waals surface area contributed by atoms with Gasteiger partial charge < -0.3 is 0 Å². The Bertz CT molecular complexity index is 61.4. The highest BCUT2D eigenvalue weighted by Gasteiger charge is 2.18. The predicted octanol–water partition coefficient (Wildman–Crippen LogP) is 2.48. The van der Waals surface area contributed by atoms with E-state index in [0.29, 0.717) is 0 Å². The van der Waals surface area contributed by atoms with Crippen LogP contribution in [0.25, 0.3) is 0 Å². The summed E-state index contributed by atoms with van der Waals surface area (Å²) in [6, 6.07) is 0. The van der Waals surface area contributed by atoms with Gasteiger partial charge in [0.2, 0.25) is 0 Å². The zero-order valence-corrected chi connectivity index (χ0v) is 5.54. The maximum Gasteiger partial charge on any atom is 0.108 e. The average Bonchev–Trinajstić information content (AvgIpc) is 1.21. The van der Waals surface area contributed by atoms with Crippen LogP contribution in [0, 0.1) is 0 Å². The molecule has 0 aromatic heterocycles. The third kappa shape index (κ3) is 5.86. The van der Waals surface area contributed by atoms with Crippen LogP contribution in [0.5, 0.6) is 0 Å². The molecule has 0 rings (SSSR count). The molecule has 0 fully saturated rings. The summed E-state index contributed by atoms with van der Waals surface area (Å²) in [5.41, 5.74) is -1.35. The van der Waals surface area contributed by atoms with Gasteiger partial charge in [0.1, 0.15) is 11.8 Å². The molecule has 0 nitrogen and oxygen atoms in total. The lowest BCUT2D eigenvalue weighted by atomic mass is 10.1. The smallest absolute Gasteiger partial charge is 0.108 e. The van der Waals surface area contributed by atoms with Gasteiger partial charge in [-0.3, -0.25) is 0 Å². The Morgan fingerprint density at radius 1 is 1.50 bits per heavy atom. The molecule has 2 heteroatoms. The summed E-state index contributed by atoms with van der Waals surface area (Å²) in [5, 5.41) is 0. The van der Waals surface area contributed by atoms with Crippen LogP contribution in [-0.4, -0.2) is 11.8 Å². The summed E-state index contributed by atoms with van der Waals surface area (Å²) in [6.07, 6.45) is -1.04. The monoisotopic (exact) mass is 122 g/mol. The minimum Gasteiger partial charge on any atom is -0.248 e. The molecule has 0 N–H and O–H groups in total. The fraction of sp³-hybridized carbons (Fsp3) is 1.00. The molecule has 0 heterocycles. The molecule has 0 unspecified atom stereocenters. The lowest BCUT2D eigenvalue weighted by Gasteiger charge is -2.13. The molecule has 1 atom stereocenters. The Morgan fingerprint density at radius 3 is 1.88 bits per heavy atom. The van der Waals surface area contributed by atoms with Crippen LogP contribution >= 0.6 is 0 Å².